The molecule has 0 unspecified atom stereocenters. The van der Waals surface area contributed by atoms with Crippen LogP contribution in [-0.2, 0) is 25.7 Å². The molecule has 2 aliphatic carbocycles. The average molecular weight is 1000 g/mol. The number of ether oxygens (including phenoxy) is 1. The minimum Gasteiger partial charge on any atom is -0.483 e. The van der Waals surface area contributed by atoms with Crippen molar-refractivity contribution in [3.8, 4) is 44.2 Å². The topological polar surface area (TPSA) is 242 Å². The Balaban J connectivity index is 0.811. The summed E-state index contributed by atoms with van der Waals surface area (Å²) in [5.41, 5.74) is 5.63. The van der Waals surface area contributed by atoms with E-state index in [-0.39, 0.29) is 56.8 Å². The van der Waals surface area contributed by atoms with E-state index in [2.05, 4.69) is 47.6 Å². The molecule has 3 fully saturated rings. The molecule has 71 heavy (non-hydrogen) atoms. The highest BCUT2D eigenvalue weighted by atomic mass is 32.1. The quantitative estimate of drug-likeness (QED) is 0.0783. The molecule has 5 aromatic heterocycles. The Morgan fingerprint density at radius 3 is 2.54 bits per heavy atom. The first kappa shape index (κ1) is 49.1. The van der Waals surface area contributed by atoms with Crippen molar-refractivity contribution in [2.24, 2.45) is 5.41 Å². The zero-order chi connectivity index (χ0) is 50.2. The second kappa shape index (κ2) is 20.1. The SMILES string of the molecule is CNc1cc(-c2ccc3cc(C#N)cnn23)ncc1-c1nnc(C2CCC(NC(=O)COc3cc(-c4scnc4C)ccc3CNC(=O)[C@@H]3C[C@@H](O)CN3C(=O)[C@@H](NC(=O)C3(F)CC3)C(C)(C)C)CC2)s1. The van der Waals surface area contributed by atoms with Gasteiger partial charge in [-0.05, 0) is 86.8 Å². The number of aliphatic hydroxyl groups is 1. The molecule has 1 aliphatic heterocycles. The summed E-state index contributed by atoms with van der Waals surface area (Å²) >= 11 is 3.00. The van der Waals surface area contributed by atoms with Crippen LogP contribution in [0.4, 0.5) is 10.1 Å². The lowest BCUT2D eigenvalue weighted by Crippen LogP contribution is -2.59. The number of aliphatic hydroxyl groups excluding tert-OH is 1. The van der Waals surface area contributed by atoms with E-state index in [0.29, 0.717) is 22.6 Å². The number of hydrogen-bond acceptors (Lipinski definition) is 15. The van der Waals surface area contributed by atoms with E-state index >= 15 is 0 Å². The van der Waals surface area contributed by atoms with Gasteiger partial charge in [-0.2, -0.15) is 10.4 Å². The number of anilines is 1. The normalized spacial score (nSPS) is 19.9. The third kappa shape index (κ3) is 10.6. The Bertz CT molecular complexity index is 3040. The second-order valence-electron chi connectivity index (χ2n) is 19.6. The minimum atomic E-state index is -1.99. The highest BCUT2D eigenvalue weighted by Crippen LogP contribution is 2.41. The molecule has 0 radical (unpaired) electrons. The predicted molar refractivity (Wildman–Crippen MR) is 265 cm³/mol. The number of carbonyl (C=O) groups excluding carboxylic acids is 4. The van der Waals surface area contributed by atoms with Gasteiger partial charge in [0.1, 0.15) is 28.9 Å². The van der Waals surface area contributed by atoms with Crippen molar-refractivity contribution in [2.45, 2.75) is 115 Å². The van der Waals surface area contributed by atoms with Gasteiger partial charge in [-0.25, -0.2) is 13.9 Å². The predicted octanol–water partition coefficient (Wildman–Crippen LogP) is 6.09. The van der Waals surface area contributed by atoms with E-state index in [1.807, 2.05) is 50.4 Å². The number of benzene rings is 1. The first-order chi connectivity index (χ1) is 34.0. The molecule has 4 amide bonds. The molecular formula is C50H55FN12O6S2. The first-order valence-electron chi connectivity index (χ1n) is 23.6. The van der Waals surface area contributed by atoms with Crippen molar-refractivity contribution < 1.29 is 33.4 Å². The summed E-state index contributed by atoms with van der Waals surface area (Å²) in [6.07, 6.45) is 5.59. The maximum absolute atomic E-state index is 14.7. The number of rotatable bonds is 15. The number of fused-ring (bicyclic) bond motifs is 1. The first-order valence-corrected chi connectivity index (χ1v) is 25.3. The van der Waals surface area contributed by atoms with Gasteiger partial charge in [0.25, 0.3) is 11.8 Å². The fourth-order valence-electron chi connectivity index (χ4n) is 9.21. The highest BCUT2D eigenvalue weighted by Gasteiger charge is 2.53. The number of aryl methyl sites for hydroxylation is 1. The zero-order valence-electron chi connectivity index (χ0n) is 40.0. The van der Waals surface area contributed by atoms with E-state index in [4.69, 9.17) is 9.72 Å². The van der Waals surface area contributed by atoms with E-state index in [1.54, 1.807) is 43.1 Å². The van der Waals surface area contributed by atoms with Gasteiger partial charge >= 0.3 is 0 Å². The minimum absolute atomic E-state index is 0.0136. The number of thiazole rings is 1. The van der Waals surface area contributed by atoms with Crippen molar-refractivity contribution in [3.63, 3.8) is 0 Å². The molecule has 0 spiro atoms. The molecular weight excluding hydrogens is 948 g/mol. The van der Waals surface area contributed by atoms with Crippen LogP contribution in [0.15, 0.2) is 60.4 Å². The van der Waals surface area contributed by atoms with E-state index in [0.717, 1.165) is 74.3 Å². The van der Waals surface area contributed by atoms with Crippen LogP contribution >= 0.6 is 22.7 Å². The van der Waals surface area contributed by atoms with Gasteiger partial charge in [0.2, 0.25) is 11.8 Å². The molecule has 0 bridgehead atoms. The molecule has 2 saturated carbocycles. The summed E-state index contributed by atoms with van der Waals surface area (Å²) in [5.74, 6) is -1.67. The molecule has 21 heteroatoms. The number of hydrogen-bond donors (Lipinski definition) is 5. The molecule has 3 aliphatic rings. The number of alkyl halides is 1. The summed E-state index contributed by atoms with van der Waals surface area (Å²) < 4.78 is 22.6. The molecule has 1 saturated heterocycles. The second-order valence-corrected chi connectivity index (χ2v) is 21.4. The van der Waals surface area contributed by atoms with Crippen LogP contribution in [0.2, 0.25) is 0 Å². The third-order valence-corrected chi connectivity index (χ3v) is 15.5. The Labute approximate surface area is 417 Å². The van der Waals surface area contributed by atoms with Crippen LogP contribution < -0.4 is 26.0 Å². The molecule has 6 heterocycles. The third-order valence-electron chi connectivity index (χ3n) is 13.4. The molecule has 9 rings (SSSR count). The van der Waals surface area contributed by atoms with Crippen molar-refractivity contribution in [1.82, 2.24) is 50.6 Å². The van der Waals surface area contributed by atoms with E-state index in [1.165, 1.54) is 33.8 Å². The maximum Gasteiger partial charge on any atom is 0.258 e. The Morgan fingerprint density at radius 2 is 1.83 bits per heavy atom. The zero-order valence-corrected chi connectivity index (χ0v) is 41.6. The Morgan fingerprint density at radius 1 is 1.04 bits per heavy atom. The summed E-state index contributed by atoms with van der Waals surface area (Å²) in [6, 6.07) is 13.0. The number of nitrogens with one attached hydrogen (secondary N) is 4. The molecule has 6 aromatic rings. The number of carbonyl (C=O) groups is 4. The van der Waals surface area contributed by atoms with Crippen LogP contribution in [-0.4, -0.2) is 114 Å². The number of nitrogens with zero attached hydrogens (tertiary/aromatic N) is 8. The fraction of sp³-hybridized carbons (Fsp3) is 0.440. The summed E-state index contributed by atoms with van der Waals surface area (Å²) in [7, 11) is 1.85. The summed E-state index contributed by atoms with van der Waals surface area (Å²) in [4.78, 5) is 65.4. The van der Waals surface area contributed by atoms with Crippen molar-refractivity contribution in [3.05, 3.63) is 82.2 Å². The number of halogens is 1. The number of aromatic nitrogens is 6. The largest absolute Gasteiger partial charge is 0.483 e. The lowest BCUT2D eigenvalue weighted by Gasteiger charge is -2.35. The lowest BCUT2D eigenvalue weighted by molar-refractivity contribution is -0.145. The van der Waals surface area contributed by atoms with Crippen LogP contribution in [0.1, 0.15) is 93.5 Å². The van der Waals surface area contributed by atoms with Crippen LogP contribution in [0.3, 0.4) is 0 Å². The van der Waals surface area contributed by atoms with Crippen LogP contribution in [0.5, 0.6) is 5.75 Å². The summed E-state index contributed by atoms with van der Waals surface area (Å²) in [6.45, 7) is 6.73. The molecule has 3 atom stereocenters. The molecule has 18 nitrogen and oxygen atoms in total. The van der Waals surface area contributed by atoms with Gasteiger partial charge in [-0.3, -0.25) is 24.2 Å². The number of nitriles is 1. The van der Waals surface area contributed by atoms with Crippen molar-refractivity contribution >= 4 is 57.5 Å². The van der Waals surface area contributed by atoms with Gasteiger partial charge in [0, 0.05) is 56.0 Å². The van der Waals surface area contributed by atoms with E-state index < -0.39 is 47.0 Å². The van der Waals surface area contributed by atoms with Crippen LogP contribution in [0, 0.1) is 23.7 Å². The number of amides is 4. The van der Waals surface area contributed by atoms with Gasteiger partial charge in [-0.15, -0.1) is 21.5 Å². The van der Waals surface area contributed by atoms with Crippen LogP contribution in [0.25, 0.3) is 37.9 Å². The monoisotopic (exact) mass is 1000 g/mol. The standard InChI is InChI=1S/C50H55FN12O6S2/c1-27-42(70-26-56-27)30-6-7-31(22-55-44(66)39-18-34(64)24-62(39)47(67)43(49(2,3)4)59-48(68)50(51)14-15-50)40(17-30)69-25-41(65)58-32-10-8-29(9-11-32)45-60-61-46(71-45)35-23-54-37(19-36(35)53-5)38-13-12-33-16-28(20-52)21-57-63(33)38/h6-7,12-13,16-17,19,21,23,26,29,32,34,39,43,64H,8-11,14-15,18,22,24-25H2,1-5H3,(H,53,54)(H,55,66)(H,58,65)(H,59,68)/t29?,32?,34-,39+,43-/m1/s1. The van der Waals surface area contributed by atoms with Gasteiger partial charge in [0.15, 0.2) is 17.3 Å². The van der Waals surface area contributed by atoms with Crippen molar-refractivity contribution in [2.75, 3.05) is 25.5 Å². The highest BCUT2D eigenvalue weighted by molar-refractivity contribution is 7.14. The number of likely N-dealkylation sites (tertiary alicyclic amines) is 1. The Kier molecular flexibility index (Phi) is 13.9. The molecule has 1 aromatic carbocycles. The maximum atomic E-state index is 14.7. The van der Waals surface area contributed by atoms with Gasteiger partial charge < -0.3 is 36.0 Å². The Hall–Kier alpha value is -6.89. The average Bonchev–Trinajstić information content (AvgIpc) is 3.84. The number of pyridine rings is 1. The lowest BCUT2D eigenvalue weighted by atomic mass is 9.85. The van der Waals surface area contributed by atoms with Crippen molar-refractivity contribution in [1.29, 1.82) is 5.26 Å². The number of β-amino-alcohol motifs (C(OH)–C–C–N with tert-alkyl or cyclic N) is 1. The van der Waals surface area contributed by atoms with Gasteiger partial charge in [0.05, 0.1) is 56.4 Å². The molecule has 5 N–H and O–H groups in total. The summed E-state index contributed by atoms with van der Waals surface area (Å²) in [5, 5.41) is 47.1. The smallest absolute Gasteiger partial charge is 0.258 e. The molecule has 370 valence electrons. The van der Waals surface area contributed by atoms with E-state index in [9.17, 15) is 33.9 Å². The van der Waals surface area contributed by atoms with Gasteiger partial charge in [-0.1, -0.05) is 44.2 Å². The fourth-order valence-corrected chi connectivity index (χ4v) is 11.0.